The van der Waals surface area contributed by atoms with Crippen LogP contribution in [0.15, 0.2) is 48.5 Å². The van der Waals surface area contributed by atoms with Gasteiger partial charge in [-0.15, -0.1) is 0 Å². The third-order valence-corrected chi connectivity index (χ3v) is 2.81. The van der Waals surface area contributed by atoms with Crippen molar-refractivity contribution in [3.05, 3.63) is 59.7 Å². The van der Waals surface area contributed by atoms with Gasteiger partial charge >= 0.3 is 12.6 Å². The summed E-state index contributed by atoms with van der Waals surface area (Å²) in [5.41, 5.74) is 1.54. The molecule has 0 bridgehead atoms. The zero-order valence-corrected chi connectivity index (χ0v) is 10.9. The second kappa shape index (κ2) is 6.69. The summed E-state index contributed by atoms with van der Waals surface area (Å²) in [5.74, 6) is -0.922. The van der Waals surface area contributed by atoms with E-state index in [4.69, 9.17) is 5.11 Å². The van der Waals surface area contributed by atoms with Gasteiger partial charge in [0.2, 0.25) is 0 Å². The molecule has 0 heterocycles. The van der Waals surface area contributed by atoms with Gasteiger partial charge in [-0.05, 0) is 35.9 Å². The number of benzene rings is 2. The van der Waals surface area contributed by atoms with Gasteiger partial charge < -0.3 is 15.2 Å². The maximum absolute atomic E-state index is 12.0. The second-order valence-electron chi connectivity index (χ2n) is 4.22. The van der Waals surface area contributed by atoms with Gasteiger partial charge in [-0.1, -0.05) is 18.2 Å². The summed E-state index contributed by atoms with van der Waals surface area (Å²) in [7, 11) is 0. The topological polar surface area (TPSA) is 58.6 Å². The van der Waals surface area contributed by atoms with Crippen molar-refractivity contribution in [3.63, 3.8) is 0 Å². The quantitative estimate of drug-likeness (QED) is 0.854. The van der Waals surface area contributed by atoms with Crippen LogP contribution in [0.4, 0.5) is 14.5 Å². The molecular weight excluding hydrogens is 280 g/mol. The van der Waals surface area contributed by atoms with Crippen molar-refractivity contribution in [3.8, 4) is 5.75 Å². The van der Waals surface area contributed by atoms with E-state index in [9.17, 15) is 13.6 Å². The number of nitrogens with one attached hydrogen (secondary N) is 1. The maximum Gasteiger partial charge on any atom is 0.387 e. The van der Waals surface area contributed by atoms with Gasteiger partial charge in [-0.2, -0.15) is 8.78 Å². The Hall–Kier alpha value is -2.63. The summed E-state index contributed by atoms with van der Waals surface area (Å²) in [5, 5.41) is 12.1. The molecule has 0 aliphatic rings. The van der Waals surface area contributed by atoms with Crippen LogP contribution in [0.5, 0.6) is 5.75 Å². The SMILES string of the molecule is O=C(O)c1ccccc1CNc1ccc(OC(F)F)cc1. The van der Waals surface area contributed by atoms with Crippen molar-refractivity contribution >= 4 is 11.7 Å². The van der Waals surface area contributed by atoms with Crippen LogP contribution >= 0.6 is 0 Å². The molecule has 0 fully saturated rings. The number of ether oxygens (including phenoxy) is 1. The molecule has 0 saturated heterocycles. The van der Waals surface area contributed by atoms with Crippen molar-refractivity contribution < 1.29 is 23.4 Å². The highest BCUT2D eigenvalue weighted by Gasteiger charge is 2.08. The number of aromatic carboxylic acids is 1. The molecule has 2 N–H and O–H groups in total. The van der Waals surface area contributed by atoms with Gasteiger partial charge in [0.1, 0.15) is 5.75 Å². The van der Waals surface area contributed by atoms with E-state index in [0.717, 1.165) is 0 Å². The molecular formula is C15H13F2NO3. The highest BCUT2D eigenvalue weighted by atomic mass is 19.3. The van der Waals surface area contributed by atoms with Crippen LogP contribution in [-0.4, -0.2) is 17.7 Å². The minimum Gasteiger partial charge on any atom is -0.478 e. The number of hydrogen-bond acceptors (Lipinski definition) is 3. The Morgan fingerprint density at radius 1 is 1.14 bits per heavy atom. The predicted molar refractivity (Wildman–Crippen MR) is 73.8 cm³/mol. The molecule has 2 rings (SSSR count). The Bertz CT molecular complexity index is 615. The van der Waals surface area contributed by atoms with E-state index < -0.39 is 12.6 Å². The van der Waals surface area contributed by atoms with E-state index in [1.807, 2.05) is 0 Å². The monoisotopic (exact) mass is 293 g/mol. The van der Waals surface area contributed by atoms with E-state index in [0.29, 0.717) is 17.8 Å². The van der Waals surface area contributed by atoms with Crippen LogP contribution in [0.1, 0.15) is 15.9 Å². The van der Waals surface area contributed by atoms with Gasteiger partial charge in [0.15, 0.2) is 0 Å². The summed E-state index contributed by atoms with van der Waals surface area (Å²) in [4.78, 5) is 11.1. The zero-order valence-electron chi connectivity index (χ0n) is 10.9. The van der Waals surface area contributed by atoms with E-state index in [2.05, 4.69) is 10.1 Å². The Morgan fingerprint density at radius 2 is 1.81 bits per heavy atom. The molecule has 0 saturated carbocycles. The maximum atomic E-state index is 12.0. The van der Waals surface area contributed by atoms with Crippen molar-refractivity contribution in [2.24, 2.45) is 0 Å². The summed E-state index contributed by atoms with van der Waals surface area (Å²) in [6.07, 6.45) is 0. The number of hydrogen-bond donors (Lipinski definition) is 2. The van der Waals surface area contributed by atoms with E-state index >= 15 is 0 Å². The lowest BCUT2D eigenvalue weighted by molar-refractivity contribution is -0.0498. The van der Waals surface area contributed by atoms with Gasteiger partial charge in [-0.3, -0.25) is 0 Å². The first-order valence-electron chi connectivity index (χ1n) is 6.16. The van der Waals surface area contributed by atoms with Gasteiger partial charge in [0.05, 0.1) is 5.56 Å². The van der Waals surface area contributed by atoms with E-state index in [1.54, 1.807) is 30.3 Å². The largest absolute Gasteiger partial charge is 0.478 e. The van der Waals surface area contributed by atoms with Crippen LogP contribution in [0.3, 0.4) is 0 Å². The van der Waals surface area contributed by atoms with Crippen molar-refractivity contribution in [1.29, 1.82) is 0 Å². The number of carbonyl (C=O) groups is 1. The number of carboxylic acids is 1. The smallest absolute Gasteiger partial charge is 0.387 e. The summed E-state index contributed by atoms with van der Waals surface area (Å²) in [6, 6.07) is 12.6. The fraction of sp³-hybridized carbons (Fsp3) is 0.133. The molecule has 0 radical (unpaired) electrons. The van der Waals surface area contributed by atoms with Crippen LogP contribution in [0, 0.1) is 0 Å². The molecule has 0 aromatic heterocycles. The van der Waals surface area contributed by atoms with E-state index in [1.165, 1.54) is 18.2 Å². The lowest BCUT2D eigenvalue weighted by atomic mass is 10.1. The normalized spacial score (nSPS) is 10.4. The molecule has 0 amide bonds. The summed E-state index contributed by atoms with van der Waals surface area (Å²) < 4.78 is 28.3. The molecule has 21 heavy (non-hydrogen) atoms. The number of halogens is 2. The van der Waals surface area contributed by atoms with Gasteiger partial charge in [0.25, 0.3) is 0 Å². The standard InChI is InChI=1S/C15H13F2NO3/c16-15(17)21-12-7-5-11(6-8-12)18-9-10-3-1-2-4-13(10)14(19)20/h1-8,15,18H,9H2,(H,19,20). The first kappa shape index (κ1) is 14.8. The van der Waals surface area contributed by atoms with Crippen LogP contribution in [-0.2, 0) is 6.54 Å². The molecule has 0 unspecified atom stereocenters. The Kier molecular flexibility index (Phi) is 4.71. The second-order valence-corrected chi connectivity index (χ2v) is 4.22. The van der Waals surface area contributed by atoms with Gasteiger partial charge in [-0.25, -0.2) is 4.79 Å². The minimum absolute atomic E-state index is 0.0708. The van der Waals surface area contributed by atoms with Crippen LogP contribution in [0.25, 0.3) is 0 Å². The van der Waals surface area contributed by atoms with E-state index in [-0.39, 0.29) is 11.3 Å². The molecule has 4 nitrogen and oxygen atoms in total. The molecule has 2 aromatic carbocycles. The highest BCUT2D eigenvalue weighted by Crippen LogP contribution is 2.19. The third kappa shape index (κ3) is 4.17. The van der Waals surface area contributed by atoms with Crippen molar-refractivity contribution in [1.82, 2.24) is 0 Å². The predicted octanol–water partition coefficient (Wildman–Crippen LogP) is 3.60. The Balaban J connectivity index is 2.02. The van der Waals surface area contributed by atoms with Gasteiger partial charge in [0, 0.05) is 12.2 Å². The summed E-state index contributed by atoms with van der Waals surface area (Å²) in [6.45, 7) is -2.54. The first-order chi connectivity index (χ1) is 10.1. The third-order valence-electron chi connectivity index (χ3n) is 2.81. The summed E-state index contributed by atoms with van der Waals surface area (Å²) >= 11 is 0. The number of rotatable bonds is 6. The lowest BCUT2D eigenvalue weighted by Gasteiger charge is -2.10. The van der Waals surface area contributed by atoms with Crippen molar-refractivity contribution in [2.75, 3.05) is 5.32 Å². The highest BCUT2D eigenvalue weighted by molar-refractivity contribution is 5.89. The molecule has 0 aliphatic heterocycles. The minimum atomic E-state index is -2.86. The fourth-order valence-corrected chi connectivity index (χ4v) is 1.83. The number of anilines is 1. The number of carboxylic acid groups (broad SMARTS) is 1. The average Bonchev–Trinajstić information content (AvgIpc) is 2.46. The molecule has 110 valence electrons. The molecule has 0 aliphatic carbocycles. The zero-order chi connectivity index (χ0) is 15.2. The number of alkyl halides is 2. The Labute approximate surface area is 120 Å². The van der Waals surface area contributed by atoms with Crippen molar-refractivity contribution in [2.45, 2.75) is 13.2 Å². The molecule has 2 aromatic rings. The average molecular weight is 293 g/mol. The first-order valence-corrected chi connectivity index (χ1v) is 6.16. The molecule has 0 spiro atoms. The molecule has 0 atom stereocenters. The van der Waals surface area contributed by atoms with Crippen LogP contribution in [0.2, 0.25) is 0 Å². The molecule has 6 heteroatoms. The Morgan fingerprint density at radius 3 is 2.43 bits per heavy atom. The lowest BCUT2D eigenvalue weighted by Crippen LogP contribution is -2.07. The van der Waals surface area contributed by atoms with Crippen LogP contribution < -0.4 is 10.1 Å². The fourth-order valence-electron chi connectivity index (χ4n) is 1.83.